The molecule has 6 nitrogen and oxygen atoms in total. The quantitative estimate of drug-likeness (QED) is 0.778. The SMILES string of the molecule is O=C(Nc1ccc(Oc2cnccn2)cc1)[C@@H]1CCOc2ccccc21. The molecule has 2 heterocycles. The number of fused-ring (bicyclic) bond motifs is 1. The topological polar surface area (TPSA) is 73.3 Å². The molecule has 0 fully saturated rings. The summed E-state index contributed by atoms with van der Waals surface area (Å²) in [5.41, 5.74) is 1.64. The van der Waals surface area contributed by atoms with Gasteiger partial charge in [-0.2, -0.15) is 0 Å². The lowest BCUT2D eigenvalue weighted by molar-refractivity contribution is -0.118. The Hall–Kier alpha value is -3.41. The lowest BCUT2D eigenvalue weighted by Crippen LogP contribution is -2.26. The van der Waals surface area contributed by atoms with Gasteiger partial charge in [0.15, 0.2) is 0 Å². The third-order valence-electron chi connectivity index (χ3n) is 4.16. The third-order valence-corrected chi connectivity index (χ3v) is 4.16. The van der Waals surface area contributed by atoms with Crippen molar-refractivity contribution < 1.29 is 14.3 Å². The number of para-hydroxylation sites is 1. The van der Waals surface area contributed by atoms with Crippen molar-refractivity contribution >= 4 is 11.6 Å². The summed E-state index contributed by atoms with van der Waals surface area (Å²) >= 11 is 0. The fraction of sp³-hybridized carbons (Fsp3) is 0.150. The number of nitrogens with zero attached hydrogens (tertiary/aromatic N) is 2. The first-order chi connectivity index (χ1) is 12.8. The van der Waals surface area contributed by atoms with Crippen LogP contribution in [-0.4, -0.2) is 22.5 Å². The first-order valence-corrected chi connectivity index (χ1v) is 8.36. The predicted octanol–water partition coefficient (Wildman–Crippen LogP) is 3.77. The van der Waals surface area contributed by atoms with Crippen LogP contribution >= 0.6 is 0 Å². The van der Waals surface area contributed by atoms with Crippen LogP contribution < -0.4 is 14.8 Å². The maximum absolute atomic E-state index is 12.7. The second-order valence-electron chi connectivity index (χ2n) is 5.89. The van der Waals surface area contributed by atoms with E-state index in [0.717, 1.165) is 11.3 Å². The summed E-state index contributed by atoms with van der Waals surface area (Å²) in [5, 5.41) is 2.97. The second-order valence-corrected chi connectivity index (χ2v) is 5.89. The molecule has 4 rings (SSSR count). The summed E-state index contributed by atoms with van der Waals surface area (Å²) in [4.78, 5) is 20.7. The molecule has 1 N–H and O–H groups in total. The van der Waals surface area contributed by atoms with E-state index in [4.69, 9.17) is 9.47 Å². The minimum absolute atomic E-state index is 0.0386. The zero-order valence-electron chi connectivity index (χ0n) is 14.0. The number of benzene rings is 2. The van der Waals surface area contributed by atoms with Gasteiger partial charge in [0, 0.05) is 23.6 Å². The van der Waals surface area contributed by atoms with Gasteiger partial charge in [0.25, 0.3) is 0 Å². The summed E-state index contributed by atoms with van der Waals surface area (Å²) in [6.07, 6.45) is 5.35. The third kappa shape index (κ3) is 3.49. The van der Waals surface area contributed by atoms with E-state index in [9.17, 15) is 4.79 Å². The van der Waals surface area contributed by atoms with E-state index in [0.29, 0.717) is 30.3 Å². The van der Waals surface area contributed by atoms with Gasteiger partial charge in [0.1, 0.15) is 11.5 Å². The molecule has 3 aromatic rings. The fourth-order valence-electron chi connectivity index (χ4n) is 2.91. The van der Waals surface area contributed by atoms with Crippen molar-refractivity contribution in [2.75, 3.05) is 11.9 Å². The number of carbonyl (C=O) groups excluding carboxylic acids is 1. The second kappa shape index (κ2) is 7.23. The molecule has 1 aromatic heterocycles. The molecule has 0 saturated heterocycles. The molecular formula is C20H17N3O3. The van der Waals surface area contributed by atoms with Crippen molar-refractivity contribution in [1.82, 2.24) is 9.97 Å². The maximum atomic E-state index is 12.7. The highest BCUT2D eigenvalue weighted by Crippen LogP contribution is 2.34. The van der Waals surface area contributed by atoms with Gasteiger partial charge in [0.05, 0.1) is 18.7 Å². The number of rotatable bonds is 4. The van der Waals surface area contributed by atoms with Crippen LogP contribution in [0.15, 0.2) is 67.1 Å². The van der Waals surface area contributed by atoms with E-state index in [1.165, 1.54) is 6.20 Å². The van der Waals surface area contributed by atoms with Gasteiger partial charge in [-0.1, -0.05) is 18.2 Å². The Kier molecular flexibility index (Phi) is 4.47. The summed E-state index contributed by atoms with van der Waals surface area (Å²) in [6, 6.07) is 14.8. The average Bonchev–Trinajstić information content (AvgIpc) is 2.70. The normalized spacial score (nSPS) is 15.5. The van der Waals surface area contributed by atoms with Crippen molar-refractivity contribution in [2.24, 2.45) is 0 Å². The van der Waals surface area contributed by atoms with Crippen molar-refractivity contribution in [3.8, 4) is 17.4 Å². The van der Waals surface area contributed by atoms with Crippen LogP contribution in [0.3, 0.4) is 0 Å². The summed E-state index contributed by atoms with van der Waals surface area (Å²) in [5.74, 6) is 1.58. The van der Waals surface area contributed by atoms with Crippen LogP contribution in [0.1, 0.15) is 17.9 Å². The molecule has 0 aliphatic carbocycles. The van der Waals surface area contributed by atoms with Crippen molar-refractivity contribution in [3.63, 3.8) is 0 Å². The molecule has 1 aliphatic heterocycles. The van der Waals surface area contributed by atoms with Gasteiger partial charge in [0.2, 0.25) is 11.8 Å². The summed E-state index contributed by atoms with van der Waals surface area (Å²) in [6.45, 7) is 0.542. The Morgan fingerprint density at radius 1 is 1.12 bits per heavy atom. The first-order valence-electron chi connectivity index (χ1n) is 8.36. The van der Waals surface area contributed by atoms with Crippen LogP contribution in [0, 0.1) is 0 Å². The van der Waals surface area contributed by atoms with Crippen molar-refractivity contribution in [3.05, 3.63) is 72.7 Å². The molecule has 1 aliphatic rings. The lowest BCUT2D eigenvalue weighted by Gasteiger charge is -2.25. The molecular weight excluding hydrogens is 330 g/mol. The highest BCUT2D eigenvalue weighted by Gasteiger charge is 2.27. The minimum atomic E-state index is -0.213. The van der Waals surface area contributed by atoms with Crippen LogP contribution in [0.5, 0.6) is 17.4 Å². The van der Waals surface area contributed by atoms with Crippen molar-refractivity contribution in [1.29, 1.82) is 0 Å². The zero-order chi connectivity index (χ0) is 17.8. The Morgan fingerprint density at radius 2 is 1.96 bits per heavy atom. The number of ether oxygens (including phenoxy) is 2. The minimum Gasteiger partial charge on any atom is -0.493 e. The summed E-state index contributed by atoms with van der Waals surface area (Å²) < 4.78 is 11.2. The lowest BCUT2D eigenvalue weighted by atomic mass is 9.92. The van der Waals surface area contributed by atoms with Gasteiger partial charge in [-0.15, -0.1) is 0 Å². The fourth-order valence-corrected chi connectivity index (χ4v) is 2.91. The van der Waals surface area contributed by atoms with Gasteiger partial charge in [-0.05, 0) is 36.8 Å². The number of amides is 1. The van der Waals surface area contributed by atoms with E-state index in [1.807, 2.05) is 24.3 Å². The molecule has 0 spiro atoms. The molecule has 1 atom stereocenters. The Bertz CT molecular complexity index is 898. The Labute approximate surface area is 150 Å². The molecule has 130 valence electrons. The zero-order valence-corrected chi connectivity index (χ0v) is 14.0. The van der Waals surface area contributed by atoms with Gasteiger partial charge < -0.3 is 14.8 Å². The van der Waals surface area contributed by atoms with E-state index < -0.39 is 0 Å². The monoisotopic (exact) mass is 347 g/mol. The van der Waals surface area contributed by atoms with Crippen LogP contribution in [0.2, 0.25) is 0 Å². The smallest absolute Gasteiger partial charge is 0.237 e. The van der Waals surface area contributed by atoms with Crippen LogP contribution in [0.4, 0.5) is 5.69 Å². The standard InChI is InChI=1S/C20H17N3O3/c24-20(17-9-12-25-18-4-2-1-3-16(17)18)23-14-5-7-15(8-6-14)26-19-13-21-10-11-22-19/h1-8,10-11,13,17H,9,12H2,(H,23,24)/t17-/m1/s1. The average molecular weight is 347 g/mol. The van der Waals surface area contributed by atoms with Crippen molar-refractivity contribution in [2.45, 2.75) is 12.3 Å². The predicted molar refractivity (Wildman–Crippen MR) is 96.5 cm³/mol. The Balaban J connectivity index is 1.44. The molecule has 1 amide bonds. The van der Waals surface area contributed by atoms with E-state index in [2.05, 4.69) is 15.3 Å². The molecule has 6 heteroatoms. The maximum Gasteiger partial charge on any atom is 0.237 e. The molecule has 0 unspecified atom stereocenters. The number of hydrogen-bond acceptors (Lipinski definition) is 5. The number of carbonyl (C=O) groups is 1. The number of anilines is 1. The highest BCUT2D eigenvalue weighted by atomic mass is 16.5. The van der Waals surface area contributed by atoms with Gasteiger partial charge in [-0.25, -0.2) is 4.98 Å². The van der Waals surface area contributed by atoms with E-state index in [-0.39, 0.29) is 11.8 Å². The van der Waals surface area contributed by atoms with Gasteiger partial charge >= 0.3 is 0 Å². The highest BCUT2D eigenvalue weighted by molar-refractivity contribution is 5.96. The summed E-state index contributed by atoms with van der Waals surface area (Å²) in [7, 11) is 0. The molecule has 2 aromatic carbocycles. The van der Waals surface area contributed by atoms with Crippen LogP contribution in [0.25, 0.3) is 0 Å². The number of nitrogens with one attached hydrogen (secondary N) is 1. The first kappa shape index (κ1) is 16.1. The van der Waals surface area contributed by atoms with E-state index >= 15 is 0 Å². The van der Waals surface area contributed by atoms with Crippen LogP contribution in [-0.2, 0) is 4.79 Å². The molecule has 0 saturated carbocycles. The molecule has 0 bridgehead atoms. The largest absolute Gasteiger partial charge is 0.493 e. The van der Waals surface area contributed by atoms with Gasteiger partial charge in [-0.3, -0.25) is 9.78 Å². The molecule has 26 heavy (non-hydrogen) atoms. The number of hydrogen-bond donors (Lipinski definition) is 1. The Morgan fingerprint density at radius 3 is 2.77 bits per heavy atom. The van der Waals surface area contributed by atoms with E-state index in [1.54, 1.807) is 36.7 Å². The number of aromatic nitrogens is 2. The molecule has 0 radical (unpaired) electrons.